The molecule has 0 amide bonds. The van der Waals surface area contributed by atoms with Crippen LogP contribution >= 0.6 is 0 Å². The van der Waals surface area contributed by atoms with Crippen molar-refractivity contribution in [2.24, 2.45) is 0 Å². The lowest BCUT2D eigenvalue weighted by atomic mass is 10.1. The molecule has 1 N–H and O–H groups in total. The summed E-state index contributed by atoms with van der Waals surface area (Å²) >= 11 is 0. The van der Waals surface area contributed by atoms with Crippen LogP contribution in [0.15, 0.2) is 0 Å². The van der Waals surface area contributed by atoms with Gasteiger partial charge in [-0.3, -0.25) is 0 Å². The van der Waals surface area contributed by atoms with Crippen molar-refractivity contribution in [1.29, 1.82) is 0 Å². The first-order chi connectivity index (χ1) is 8.62. The molecular formula is C13H30BFO3. The molecule has 1 unspecified atom stereocenters. The average molecular weight is 264 g/mol. The Bertz CT molecular complexity index is 146. The van der Waals surface area contributed by atoms with E-state index in [-0.39, 0.29) is 6.10 Å². The summed E-state index contributed by atoms with van der Waals surface area (Å²) in [6, 6.07) is 0. The number of hydrogen-bond acceptors (Lipinski definition) is 3. The molecule has 0 fully saturated rings. The third kappa shape index (κ3) is 18.2. The molecule has 0 heterocycles. The maximum absolute atomic E-state index is 11.3. The van der Waals surface area contributed by atoms with Gasteiger partial charge in [-0.15, -0.1) is 0 Å². The number of unbranched alkanes of at least 4 members (excludes halogenated alkanes) is 5. The summed E-state index contributed by atoms with van der Waals surface area (Å²) in [5, 5.41) is 8.57. The van der Waals surface area contributed by atoms with Gasteiger partial charge < -0.3 is 9.68 Å². The SMILES string of the molecule is CCCCCC.CCCCCC(C)OB(O)OF. The molecule has 0 saturated carbocycles. The molecule has 0 aliphatic carbocycles. The second-order valence-electron chi connectivity index (χ2n) is 4.55. The van der Waals surface area contributed by atoms with Crippen LogP contribution in [0.4, 0.5) is 4.53 Å². The summed E-state index contributed by atoms with van der Waals surface area (Å²) in [5.41, 5.74) is 0. The van der Waals surface area contributed by atoms with Gasteiger partial charge in [0.25, 0.3) is 0 Å². The van der Waals surface area contributed by atoms with E-state index in [1.165, 1.54) is 25.7 Å². The number of hydrogen-bond donors (Lipinski definition) is 1. The molecule has 0 radical (unpaired) electrons. The van der Waals surface area contributed by atoms with Gasteiger partial charge in [-0.2, -0.15) is 4.86 Å². The van der Waals surface area contributed by atoms with Crippen LogP contribution in [-0.4, -0.2) is 18.4 Å². The monoisotopic (exact) mass is 264 g/mol. The van der Waals surface area contributed by atoms with Gasteiger partial charge in [0, 0.05) is 6.10 Å². The predicted molar refractivity (Wildman–Crippen MR) is 74.7 cm³/mol. The highest BCUT2D eigenvalue weighted by atomic mass is 19.3. The van der Waals surface area contributed by atoms with E-state index in [0.717, 1.165) is 25.7 Å². The van der Waals surface area contributed by atoms with Gasteiger partial charge in [0.15, 0.2) is 0 Å². The van der Waals surface area contributed by atoms with Crippen LogP contribution in [0.25, 0.3) is 0 Å². The van der Waals surface area contributed by atoms with E-state index < -0.39 is 7.32 Å². The van der Waals surface area contributed by atoms with Crippen LogP contribution in [0, 0.1) is 0 Å². The second-order valence-corrected chi connectivity index (χ2v) is 4.55. The first-order valence-corrected chi connectivity index (χ1v) is 7.23. The number of halogens is 1. The Morgan fingerprint density at radius 2 is 1.44 bits per heavy atom. The van der Waals surface area contributed by atoms with Crippen LogP contribution in [0.1, 0.15) is 79.1 Å². The lowest BCUT2D eigenvalue weighted by Crippen LogP contribution is -2.24. The molecule has 3 nitrogen and oxygen atoms in total. The topological polar surface area (TPSA) is 38.7 Å². The molecule has 0 spiro atoms. The molecule has 0 rings (SSSR count). The van der Waals surface area contributed by atoms with Crippen molar-refractivity contribution in [1.82, 2.24) is 0 Å². The molecule has 0 aromatic rings. The van der Waals surface area contributed by atoms with Gasteiger partial charge >= 0.3 is 7.32 Å². The Morgan fingerprint density at radius 1 is 1.00 bits per heavy atom. The highest BCUT2D eigenvalue weighted by Gasteiger charge is 2.19. The van der Waals surface area contributed by atoms with Gasteiger partial charge in [0.05, 0.1) is 0 Å². The minimum atomic E-state index is -1.73. The zero-order valence-electron chi connectivity index (χ0n) is 12.5. The average Bonchev–Trinajstić information content (AvgIpc) is 2.37. The van der Waals surface area contributed by atoms with E-state index in [1.807, 2.05) is 0 Å². The van der Waals surface area contributed by atoms with Gasteiger partial charge in [0.2, 0.25) is 0 Å². The lowest BCUT2D eigenvalue weighted by Gasteiger charge is -2.11. The molecule has 0 aliphatic heterocycles. The Hall–Kier alpha value is -0.125. The fourth-order valence-electron chi connectivity index (χ4n) is 1.47. The predicted octanol–water partition coefficient (Wildman–Crippen LogP) is 4.44. The van der Waals surface area contributed by atoms with Gasteiger partial charge in [0.1, 0.15) is 0 Å². The smallest absolute Gasteiger partial charge is 0.400 e. The first-order valence-electron chi connectivity index (χ1n) is 7.23. The summed E-state index contributed by atoms with van der Waals surface area (Å²) in [4.78, 5) is 3.06. The van der Waals surface area contributed by atoms with E-state index >= 15 is 0 Å². The maximum atomic E-state index is 11.3. The van der Waals surface area contributed by atoms with Gasteiger partial charge in [-0.05, 0) is 13.3 Å². The fraction of sp³-hybridized carbons (Fsp3) is 1.00. The molecule has 0 saturated heterocycles. The van der Waals surface area contributed by atoms with Crippen molar-refractivity contribution in [3.63, 3.8) is 0 Å². The van der Waals surface area contributed by atoms with E-state index in [9.17, 15) is 4.53 Å². The molecule has 0 aromatic carbocycles. The molecule has 1 atom stereocenters. The van der Waals surface area contributed by atoms with Crippen LogP contribution < -0.4 is 0 Å². The van der Waals surface area contributed by atoms with E-state index in [0.29, 0.717) is 0 Å². The zero-order chi connectivity index (χ0) is 14.2. The van der Waals surface area contributed by atoms with Crippen molar-refractivity contribution in [3.8, 4) is 0 Å². The quantitative estimate of drug-likeness (QED) is 0.468. The third-order valence-electron chi connectivity index (χ3n) is 2.60. The highest BCUT2D eigenvalue weighted by molar-refractivity contribution is 6.34. The zero-order valence-corrected chi connectivity index (χ0v) is 12.5. The van der Waals surface area contributed by atoms with E-state index in [1.54, 1.807) is 6.92 Å². The van der Waals surface area contributed by atoms with Gasteiger partial charge in [-0.25, -0.2) is 0 Å². The minimum Gasteiger partial charge on any atom is -0.400 e. The molecule has 18 heavy (non-hydrogen) atoms. The summed E-state index contributed by atoms with van der Waals surface area (Å²) in [6.45, 7) is 8.34. The normalized spacial score (nSPS) is 11.7. The molecule has 0 aliphatic rings. The third-order valence-corrected chi connectivity index (χ3v) is 2.60. The molecular weight excluding hydrogens is 234 g/mol. The molecule has 5 heteroatoms. The lowest BCUT2D eigenvalue weighted by molar-refractivity contribution is -0.0749. The van der Waals surface area contributed by atoms with Crippen molar-refractivity contribution in [3.05, 3.63) is 0 Å². The molecule has 0 bridgehead atoms. The minimum absolute atomic E-state index is 0.165. The standard InChI is InChI=1S/C7H16BFO3.C6H14/c1-3-4-5-6-7(2)11-8(10)12-9;1-3-5-6-4-2/h7,10H,3-6H2,1-2H3;3-6H2,1-2H3. The van der Waals surface area contributed by atoms with Crippen LogP contribution in [0.5, 0.6) is 0 Å². The summed E-state index contributed by atoms with van der Waals surface area (Å²) < 4.78 is 16.0. The largest absolute Gasteiger partial charge is 0.669 e. The Labute approximate surface area is 112 Å². The second kappa shape index (κ2) is 16.9. The summed E-state index contributed by atoms with van der Waals surface area (Å²) in [5.74, 6) is 0. The Kier molecular flexibility index (Phi) is 18.9. The van der Waals surface area contributed by atoms with Crippen LogP contribution in [0.2, 0.25) is 0 Å². The van der Waals surface area contributed by atoms with Crippen LogP contribution in [0.3, 0.4) is 0 Å². The summed E-state index contributed by atoms with van der Waals surface area (Å²) in [6.07, 6.45) is 9.47. The van der Waals surface area contributed by atoms with E-state index in [4.69, 9.17) is 9.68 Å². The molecule has 0 aromatic heterocycles. The maximum Gasteiger partial charge on any atom is 0.669 e. The number of rotatable bonds is 10. The summed E-state index contributed by atoms with van der Waals surface area (Å²) in [7, 11) is -1.73. The van der Waals surface area contributed by atoms with Crippen molar-refractivity contribution in [2.75, 3.05) is 0 Å². The highest BCUT2D eigenvalue weighted by Crippen LogP contribution is 2.06. The molecule has 110 valence electrons. The first kappa shape index (κ1) is 20.2. The van der Waals surface area contributed by atoms with E-state index in [2.05, 4.69) is 25.6 Å². The van der Waals surface area contributed by atoms with Crippen molar-refractivity contribution >= 4 is 7.32 Å². The fourth-order valence-corrected chi connectivity index (χ4v) is 1.47. The van der Waals surface area contributed by atoms with Crippen molar-refractivity contribution < 1.29 is 19.1 Å². The van der Waals surface area contributed by atoms with Crippen LogP contribution in [-0.2, 0) is 9.51 Å². The Balaban J connectivity index is 0. The van der Waals surface area contributed by atoms with Crippen molar-refractivity contribution in [2.45, 2.75) is 85.2 Å². The Morgan fingerprint density at radius 3 is 1.83 bits per heavy atom. The van der Waals surface area contributed by atoms with Gasteiger partial charge in [-0.1, -0.05) is 70.2 Å².